The number of hydrogen-bond donors (Lipinski definition) is 3. The Hall–Kier alpha value is -3.16. The van der Waals surface area contributed by atoms with E-state index in [1.807, 2.05) is 0 Å². The molecule has 0 radical (unpaired) electrons. The van der Waals surface area contributed by atoms with E-state index in [0.29, 0.717) is 6.07 Å². The SMILES string of the molecule is C=CC(=O)Oc1cc(C(=O)O)c(C(=O)O)c(CC)c1C(=O)O. The van der Waals surface area contributed by atoms with E-state index in [4.69, 9.17) is 9.84 Å². The molecule has 1 rings (SSSR count). The van der Waals surface area contributed by atoms with E-state index < -0.39 is 46.3 Å². The number of carbonyl (C=O) groups excluding carboxylic acids is 1. The van der Waals surface area contributed by atoms with Crippen LogP contribution in [0, 0.1) is 0 Å². The van der Waals surface area contributed by atoms with Crippen LogP contribution in [0.5, 0.6) is 5.75 Å². The van der Waals surface area contributed by atoms with Crippen molar-refractivity contribution in [2.75, 3.05) is 0 Å². The second kappa shape index (κ2) is 6.53. The zero-order valence-electron chi connectivity index (χ0n) is 11.5. The molecule has 0 spiro atoms. The molecule has 22 heavy (non-hydrogen) atoms. The standard InChI is InChI=1S/C14H12O8/c1-3-6-10(13(18)19)7(12(16)17)5-8(11(6)14(20)21)22-9(15)4-2/h4-5H,2-3H2,1H3,(H,16,17)(H,18,19)(H,20,21). The van der Waals surface area contributed by atoms with E-state index in [0.717, 1.165) is 6.08 Å². The maximum Gasteiger partial charge on any atom is 0.339 e. The summed E-state index contributed by atoms with van der Waals surface area (Å²) in [6.45, 7) is 4.60. The summed E-state index contributed by atoms with van der Waals surface area (Å²) in [5, 5.41) is 27.5. The fraction of sp³-hybridized carbons (Fsp3) is 0.143. The van der Waals surface area contributed by atoms with E-state index in [1.54, 1.807) is 0 Å². The van der Waals surface area contributed by atoms with Gasteiger partial charge in [0.2, 0.25) is 0 Å². The maximum absolute atomic E-state index is 11.4. The number of hydrogen-bond acceptors (Lipinski definition) is 5. The molecule has 0 saturated heterocycles. The molecule has 1 aromatic rings. The molecule has 1 aromatic carbocycles. The van der Waals surface area contributed by atoms with Crippen LogP contribution in [0.3, 0.4) is 0 Å². The quantitative estimate of drug-likeness (QED) is 0.407. The first kappa shape index (κ1) is 16.9. The van der Waals surface area contributed by atoms with Gasteiger partial charge in [-0.25, -0.2) is 19.2 Å². The highest BCUT2D eigenvalue weighted by Gasteiger charge is 2.29. The smallest absolute Gasteiger partial charge is 0.339 e. The molecule has 0 fully saturated rings. The molecule has 3 N–H and O–H groups in total. The first-order valence-corrected chi connectivity index (χ1v) is 5.98. The van der Waals surface area contributed by atoms with Crippen LogP contribution in [0.15, 0.2) is 18.7 Å². The minimum Gasteiger partial charge on any atom is -0.478 e. The minimum atomic E-state index is -1.58. The summed E-state index contributed by atoms with van der Waals surface area (Å²) < 4.78 is 4.73. The van der Waals surface area contributed by atoms with Gasteiger partial charge in [-0.1, -0.05) is 13.5 Å². The van der Waals surface area contributed by atoms with Crippen LogP contribution in [0.4, 0.5) is 0 Å². The number of aromatic carboxylic acids is 3. The van der Waals surface area contributed by atoms with Gasteiger partial charge in [-0.05, 0) is 18.1 Å². The second-order valence-electron chi connectivity index (χ2n) is 4.05. The van der Waals surface area contributed by atoms with Gasteiger partial charge in [-0.15, -0.1) is 0 Å². The fourth-order valence-corrected chi connectivity index (χ4v) is 1.94. The lowest BCUT2D eigenvalue weighted by atomic mass is 9.93. The third-order valence-electron chi connectivity index (χ3n) is 2.78. The van der Waals surface area contributed by atoms with E-state index in [9.17, 15) is 29.4 Å². The maximum atomic E-state index is 11.4. The lowest BCUT2D eigenvalue weighted by molar-refractivity contribution is -0.129. The minimum absolute atomic E-state index is 0.0803. The van der Waals surface area contributed by atoms with Gasteiger partial charge in [0.25, 0.3) is 0 Å². The first-order chi connectivity index (χ1) is 10.2. The zero-order valence-corrected chi connectivity index (χ0v) is 11.5. The van der Waals surface area contributed by atoms with Crippen molar-refractivity contribution in [1.29, 1.82) is 0 Å². The third kappa shape index (κ3) is 3.11. The Labute approximate surface area is 124 Å². The molecule has 0 unspecified atom stereocenters. The molecule has 0 aromatic heterocycles. The van der Waals surface area contributed by atoms with Crippen molar-refractivity contribution in [3.63, 3.8) is 0 Å². The molecule has 8 nitrogen and oxygen atoms in total. The van der Waals surface area contributed by atoms with E-state index >= 15 is 0 Å². The highest BCUT2D eigenvalue weighted by Crippen LogP contribution is 2.30. The van der Waals surface area contributed by atoms with Crippen molar-refractivity contribution in [2.24, 2.45) is 0 Å². The largest absolute Gasteiger partial charge is 0.478 e. The zero-order chi connectivity index (χ0) is 17.0. The number of ether oxygens (including phenoxy) is 1. The van der Waals surface area contributed by atoms with Crippen molar-refractivity contribution in [2.45, 2.75) is 13.3 Å². The molecule has 0 saturated carbocycles. The van der Waals surface area contributed by atoms with Crippen LogP contribution in [0.25, 0.3) is 0 Å². The number of benzene rings is 1. The van der Waals surface area contributed by atoms with Crippen LogP contribution in [-0.4, -0.2) is 39.2 Å². The number of esters is 1. The molecule has 0 amide bonds. The Morgan fingerprint density at radius 2 is 1.64 bits per heavy atom. The van der Waals surface area contributed by atoms with Gasteiger partial charge in [0, 0.05) is 6.08 Å². The summed E-state index contributed by atoms with van der Waals surface area (Å²) in [5.41, 5.74) is -2.13. The Morgan fingerprint density at radius 1 is 1.09 bits per heavy atom. The Morgan fingerprint density at radius 3 is 2.00 bits per heavy atom. The second-order valence-corrected chi connectivity index (χ2v) is 4.05. The highest BCUT2D eigenvalue weighted by atomic mass is 16.5. The molecule has 0 atom stereocenters. The molecule has 0 aliphatic carbocycles. The monoisotopic (exact) mass is 308 g/mol. The van der Waals surface area contributed by atoms with Crippen LogP contribution in [0.2, 0.25) is 0 Å². The van der Waals surface area contributed by atoms with Gasteiger partial charge >= 0.3 is 23.9 Å². The average molecular weight is 308 g/mol. The number of carboxylic acid groups (broad SMARTS) is 3. The molecule has 0 bridgehead atoms. The summed E-state index contributed by atoms with van der Waals surface area (Å²) in [6, 6.07) is 0.704. The van der Waals surface area contributed by atoms with Crippen LogP contribution >= 0.6 is 0 Å². The van der Waals surface area contributed by atoms with Gasteiger partial charge in [0.05, 0.1) is 11.1 Å². The highest BCUT2D eigenvalue weighted by molar-refractivity contribution is 6.07. The van der Waals surface area contributed by atoms with Crippen LogP contribution in [-0.2, 0) is 11.2 Å². The number of rotatable bonds is 6. The van der Waals surface area contributed by atoms with E-state index in [-0.39, 0.29) is 12.0 Å². The predicted octanol–water partition coefficient (Wildman–Crippen LogP) is 1.44. The topological polar surface area (TPSA) is 138 Å². The molecule has 0 aliphatic rings. The van der Waals surface area contributed by atoms with Crippen LogP contribution < -0.4 is 4.74 Å². The molecule has 0 heterocycles. The fourth-order valence-electron chi connectivity index (χ4n) is 1.94. The third-order valence-corrected chi connectivity index (χ3v) is 2.78. The van der Waals surface area contributed by atoms with Crippen molar-refractivity contribution in [1.82, 2.24) is 0 Å². The van der Waals surface area contributed by atoms with Gasteiger partial charge in [-0.3, -0.25) is 0 Å². The summed E-state index contributed by atoms with van der Waals surface area (Å²) in [7, 11) is 0. The molecular formula is C14H12O8. The Balaban J connectivity index is 3.84. The average Bonchev–Trinajstić information content (AvgIpc) is 2.44. The summed E-state index contributed by atoms with van der Waals surface area (Å²) in [4.78, 5) is 45.1. The van der Waals surface area contributed by atoms with Crippen molar-refractivity contribution >= 4 is 23.9 Å². The van der Waals surface area contributed by atoms with E-state index in [2.05, 4.69) is 6.58 Å². The van der Waals surface area contributed by atoms with Crippen molar-refractivity contribution < 1.29 is 39.2 Å². The molecular weight excluding hydrogens is 296 g/mol. The lowest BCUT2D eigenvalue weighted by Gasteiger charge is -2.15. The van der Waals surface area contributed by atoms with E-state index in [1.165, 1.54) is 6.92 Å². The number of carboxylic acids is 3. The van der Waals surface area contributed by atoms with Crippen LogP contribution in [0.1, 0.15) is 43.6 Å². The van der Waals surface area contributed by atoms with Gasteiger partial charge in [0.1, 0.15) is 11.3 Å². The summed E-state index contributed by atoms with van der Waals surface area (Å²) >= 11 is 0. The van der Waals surface area contributed by atoms with Crippen molar-refractivity contribution in [3.05, 3.63) is 41.0 Å². The lowest BCUT2D eigenvalue weighted by Crippen LogP contribution is -2.18. The van der Waals surface area contributed by atoms with Gasteiger partial charge in [-0.2, -0.15) is 0 Å². The predicted molar refractivity (Wildman–Crippen MR) is 72.5 cm³/mol. The first-order valence-electron chi connectivity index (χ1n) is 5.98. The van der Waals surface area contributed by atoms with Crippen molar-refractivity contribution in [3.8, 4) is 5.75 Å². The summed E-state index contributed by atoms with van der Waals surface area (Å²) in [5.74, 6) is -6.25. The number of carbonyl (C=O) groups is 4. The normalized spacial score (nSPS) is 9.86. The Kier molecular flexibility index (Phi) is 5.01. The molecule has 0 aliphatic heterocycles. The Bertz CT molecular complexity index is 687. The molecule has 8 heteroatoms. The summed E-state index contributed by atoms with van der Waals surface area (Å²) in [6.07, 6.45) is 0.686. The van der Waals surface area contributed by atoms with Gasteiger partial charge in [0.15, 0.2) is 0 Å². The molecule has 116 valence electrons. The van der Waals surface area contributed by atoms with Gasteiger partial charge < -0.3 is 20.1 Å².